The molecule has 2 unspecified atom stereocenters. The van der Waals surface area contributed by atoms with Crippen LogP contribution >= 0.6 is 0 Å². The van der Waals surface area contributed by atoms with Crippen molar-refractivity contribution in [1.29, 1.82) is 0 Å². The molecule has 0 amide bonds. The Kier molecular flexibility index (Phi) is 2.86. The van der Waals surface area contributed by atoms with E-state index in [1.807, 2.05) is 19.2 Å². The molecule has 0 radical (unpaired) electrons. The molecule has 1 fully saturated rings. The Morgan fingerprint density at radius 1 is 1.60 bits per heavy atom. The molecule has 1 aromatic rings. The summed E-state index contributed by atoms with van der Waals surface area (Å²) in [5, 5.41) is 0. The summed E-state index contributed by atoms with van der Waals surface area (Å²) in [4.78, 5) is 10.9. The van der Waals surface area contributed by atoms with E-state index in [1.54, 1.807) is 0 Å². The van der Waals surface area contributed by atoms with Crippen LogP contribution in [0.1, 0.15) is 19.2 Å². The molecule has 0 aromatic carbocycles. The predicted molar refractivity (Wildman–Crippen MR) is 60.7 cm³/mol. The summed E-state index contributed by atoms with van der Waals surface area (Å²) in [6.07, 6.45) is 2.99. The van der Waals surface area contributed by atoms with Gasteiger partial charge in [0.2, 0.25) is 0 Å². The summed E-state index contributed by atoms with van der Waals surface area (Å²) in [6, 6.07) is 2.51. The molecule has 2 heterocycles. The Morgan fingerprint density at radius 2 is 2.40 bits per heavy atom. The second kappa shape index (κ2) is 4.14. The number of hydrogen-bond donors (Lipinski definition) is 1. The van der Waals surface area contributed by atoms with Crippen LogP contribution in [0.5, 0.6) is 0 Å². The molecule has 82 valence electrons. The van der Waals surface area contributed by atoms with Gasteiger partial charge in [-0.1, -0.05) is 0 Å². The average Bonchev–Trinajstić information content (AvgIpc) is 2.60. The van der Waals surface area contributed by atoms with E-state index in [4.69, 9.17) is 5.73 Å². The summed E-state index contributed by atoms with van der Waals surface area (Å²) in [5.74, 6) is 2.47. The summed E-state index contributed by atoms with van der Waals surface area (Å²) >= 11 is 0. The van der Waals surface area contributed by atoms with Crippen LogP contribution in [-0.2, 0) is 0 Å². The minimum absolute atomic E-state index is 0.535. The summed E-state index contributed by atoms with van der Waals surface area (Å²) in [6.45, 7) is 5.94. The highest BCUT2D eigenvalue weighted by atomic mass is 15.2. The third kappa shape index (κ3) is 2.09. The summed E-state index contributed by atoms with van der Waals surface area (Å²) in [5.41, 5.74) is 5.71. The maximum Gasteiger partial charge on any atom is 0.132 e. The molecular formula is C11H18N4. The maximum atomic E-state index is 5.71. The molecule has 4 heteroatoms. The number of hydrogen-bond acceptors (Lipinski definition) is 4. The van der Waals surface area contributed by atoms with Gasteiger partial charge in [-0.25, -0.2) is 9.97 Å². The first-order chi connectivity index (χ1) is 7.20. The normalized spacial score (nSPS) is 25.9. The van der Waals surface area contributed by atoms with Crippen molar-refractivity contribution in [3.8, 4) is 0 Å². The van der Waals surface area contributed by atoms with Crippen molar-refractivity contribution in [2.45, 2.75) is 26.3 Å². The molecule has 15 heavy (non-hydrogen) atoms. The second-order valence-electron chi connectivity index (χ2n) is 4.30. The van der Waals surface area contributed by atoms with Gasteiger partial charge in [-0.05, 0) is 38.8 Å². The van der Waals surface area contributed by atoms with E-state index < -0.39 is 0 Å². The van der Waals surface area contributed by atoms with Crippen LogP contribution in [0.4, 0.5) is 5.82 Å². The first-order valence-electron chi connectivity index (χ1n) is 5.47. The predicted octanol–water partition coefficient (Wildman–Crippen LogP) is 0.959. The third-order valence-corrected chi connectivity index (χ3v) is 3.05. The lowest BCUT2D eigenvalue weighted by molar-refractivity contribution is 0.579. The van der Waals surface area contributed by atoms with Crippen molar-refractivity contribution in [2.75, 3.05) is 18.0 Å². The smallest absolute Gasteiger partial charge is 0.132 e. The monoisotopic (exact) mass is 206 g/mol. The number of aryl methyl sites for hydroxylation is 1. The average molecular weight is 206 g/mol. The molecule has 1 saturated heterocycles. The van der Waals surface area contributed by atoms with Gasteiger partial charge < -0.3 is 10.6 Å². The zero-order valence-electron chi connectivity index (χ0n) is 9.35. The minimum atomic E-state index is 0.535. The molecule has 4 nitrogen and oxygen atoms in total. The fourth-order valence-corrected chi connectivity index (χ4v) is 2.24. The molecule has 0 aliphatic carbocycles. The number of rotatable bonds is 2. The van der Waals surface area contributed by atoms with Crippen LogP contribution in [0.15, 0.2) is 12.3 Å². The largest absolute Gasteiger partial charge is 0.353 e. The molecular weight excluding hydrogens is 188 g/mol. The topological polar surface area (TPSA) is 55.0 Å². The van der Waals surface area contributed by atoms with Crippen molar-refractivity contribution in [1.82, 2.24) is 9.97 Å². The van der Waals surface area contributed by atoms with Crippen LogP contribution in [0.3, 0.4) is 0 Å². The third-order valence-electron chi connectivity index (χ3n) is 3.05. The van der Waals surface area contributed by atoms with Gasteiger partial charge in [0.1, 0.15) is 11.6 Å². The van der Waals surface area contributed by atoms with Gasteiger partial charge in [0.15, 0.2) is 0 Å². The maximum absolute atomic E-state index is 5.71. The molecule has 0 bridgehead atoms. The SMILES string of the molecule is Cc1nccc(N2CC(CN)CC2C)n1. The molecule has 1 aromatic heterocycles. The lowest BCUT2D eigenvalue weighted by atomic mass is 10.1. The van der Waals surface area contributed by atoms with Crippen molar-refractivity contribution < 1.29 is 0 Å². The van der Waals surface area contributed by atoms with E-state index in [-0.39, 0.29) is 0 Å². The fraction of sp³-hybridized carbons (Fsp3) is 0.636. The number of nitrogens with zero attached hydrogens (tertiary/aromatic N) is 3. The van der Waals surface area contributed by atoms with Crippen LogP contribution < -0.4 is 10.6 Å². The van der Waals surface area contributed by atoms with E-state index in [0.717, 1.165) is 24.7 Å². The Labute approximate surface area is 90.5 Å². The van der Waals surface area contributed by atoms with Crippen molar-refractivity contribution in [3.63, 3.8) is 0 Å². The number of nitrogens with two attached hydrogens (primary N) is 1. The molecule has 0 saturated carbocycles. The van der Waals surface area contributed by atoms with Gasteiger partial charge in [-0.3, -0.25) is 0 Å². The zero-order chi connectivity index (χ0) is 10.8. The van der Waals surface area contributed by atoms with E-state index in [1.165, 1.54) is 6.42 Å². The molecule has 1 aliphatic rings. The van der Waals surface area contributed by atoms with Gasteiger partial charge in [-0.2, -0.15) is 0 Å². The molecule has 0 spiro atoms. The Morgan fingerprint density at radius 3 is 3.00 bits per heavy atom. The van der Waals surface area contributed by atoms with Crippen LogP contribution in [0.25, 0.3) is 0 Å². The standard InChI is InChI=1S/C11H18N4/c1-8-5-10(6-12)7-15(8)11-3-4-13-9(2)14-11/h3-4,8,10H,5-7,12H2,1-2H3. The van der Waals surface area contributed by atoms with Crippen LogP contribution in [-0.4, -0.2) is 29.1 Å². The Hall–Kier alpha value is -1.16. The van der Waals surface area contributed by atoms with Crippen LogP contribution in [0, 0.1) is 12.8 Å². The van der Waals surface area contributed by atoms with E-state index >= 15 is 0 Å². The molecule has 2 atom stereocenters. The number of aromatic nitrogens is 2. The van der Waals surface area contributed by atoms with Gasteiger partial charge in [0, 0.05) is 18.8 Å². The van der Waals surface area contributed by atoms with Gasteiger partial charge in [0.05, 0.1) is 0 Å². The van der Waals surface area contributed by atoms with E-state index in [2.05, 4.69) is 21.8 Å². The molecule has 2 N–H and O–H groups in total. The second-order valence-corrected chi connectivity index (χ2v) is 4.30. The highest BCUT2D eigenvalue weighted by Gasteiger charge is 2.28. The van der Waals surface area contributed by atoms with Crippen LogP contribution in [0.2, 0.25) is 0 Å². The quantitative estimate of drug-likeness (QED) is 0.783. The molecule has 1 aliphatic heterocycles. The molecule has 2 rings (SSSR count). The lowest BCUT2D eigenvalue weighted by Crippen LogP contribution is -2.28. The van der Waals surface area contributed by atoms with E-state index in [9.17, 15) is 0 Å². The van der Waals surface area contributed by atoms with Crippen molar-refractivity contribution in [3.05, 3.63) is 18.1 Å². The minimum Gasteiger partial charge on any atom is -0.353 e. The first kappa shape index (κ1) is 10.4. The van der Waals surface area contributed by atoms with Crippen molar-refractivity contribution >= 4 is 5.82 Å². The zero-order valence-corrected chi connectivity index (χ0v) is 9.35. The summed E-state index contributed by atoms with van der Waals surface area (Å²) < 4.78 is 0. The van der Waals surface area contributed by atoms with Gasteiger partial charge in [-0.15, -0.1) is 0 Å². The lowest BCUT2D eigenvalue weighted by Gasteiger charge is -2.22. The fourth-order valence-electron chi connectivity index (χ4n) is 2.24. The van der Waals surface area contributed by atoms with Crippen molar-refractivity contribution in [2.24, 2.45) is 11.7 Å². The van der Waals surface area contributed by atoms with Gasteiger partial charge >= 0.3 is 0 Å². The summed E-state index contributed by atoms with van der Waals surface area (Å²) in [7, 11) is 0. The highest BCUT2D eigenvalue weighted by molar-refractivity contribution is 5.40. The Balaban J connectivity index is 2.17. The van der Waals surface area contributed by atoms with E-state index in [0.29, 0.717) is 12.0 Å². The highest BCUT2D eigenvalue weighted by Crippen LogP contribution is 2.26. The first-order valence-corrected chi connectivity index (χ1v) is 5.47. The Bertz CT molecular complexity index is 339. The number of anilines is 1. The van der Waals surface area contributed by atoms with Gasteiger partial charge in [0.25, 0.3) is 0 Å².